The average Bonchev–Trinajstić information content (AvgIpc) is 2.38. The molecular weight excluding hydrogens is 248 g/mol. The van der Waals surface area contributed by atoms with Gasteiger partial charge in [-0.15, -0.1) is 0 Å². The summed E-state index contributed by atoms with van der Waals surface area (Å²) in [6.07, 6.45) is 2.08. The zero-order valence-electron chi connectivity index (χ0n) is 11.1. The second-order valence-electron chi connectivity index (χ2n) is 3.97. The van der Waals surface area contributed by atoms with Crippen molar-refractivity contribution in [1.82, 2.24) is 9.88 Å². The maximum atomic E-state index is 12.2. The number of hydrogen-bond acceptors (Lipinski definition) is 4. The first-order valence-corrected chi connectivity index (χ1v) is 6.22. The summed E-state index contributed by atoms with van der Waals surface area (Å²) in [5.74, 6) is -0.736. The first-order valence-electron chi connectivity index (χ1n) is 6.22. The van der Waals surface area contributed by atoms with Gasteiger partial charge in [-0.25, -0.2) is 0 Å². The monoisotopic (exact) mass is 266 g/mol. The number of rotatable bonds is 6. The van der Waals surface area contributed by atoms with Gasteiger partial charge in [0.05, 0.1) is 12.2 Å². The van der Waals surface area contributed by atoms with Gasteiger partial charge in [0.2, 0.25) is 5.56 Å². The minimum absolute atomic E-state index is 0.0837. The lowest BCUT2D eigenvalue weighted by Gasteiger charge is -2.20. The SMILES string of the molecule is CCCN(CC(=O)OCC)C(=O)c1ccc(=O)[nH]c1. The van der Waals surface area contributed by atoms with Gasteiger partial charge < -0.3 is 14.6 Å². The van der Waals surface area contributed by atoms with E-state index in [2.05, 4.69) is 4.98 Å². The van der Waals surface area contributed by atoms with E-state index in [1.54, 1.807) is 6.92 Å². The number of esters is 1. The number of carbonyl (C=O) groups excluding carboxylic acids is 2. The Morgan fingerprint density at radius 2 is 2.05 bits per heavy atom. The van der Waals surface area contributed by atoms with Crippen LogP contribution in [0.2, 0.25) is 0 Å². The number of H-pyrrole nitrogens is 1. The Bertz CT molecular complexity index is 475. The molecular formula is C13H18N2O4. The Labute approximate surface area is 111 Å². The maximum Gasteiger partial charge on any atom is 0.325 e. The Hall–Kier alpha value is -2.11. The lowest BCUT2D eigenvalue weighted by molar-refractivity contribution is -0.143. The fourth-order valence-corrected chi connectivity index (χ4v) is 1.61. The molecule has 0 aliphatic heterocycles. The third kappa shape index (κ3) is 4.57. The smallest absolute Gasteiger partial charge is 0.325 e. The molecule has 1 N–H and O–H groups in total. The molecule has 6 heteroatoms. The van der Waals surface area contributed by atoms with Gasteiger partial charge in [0.25, 0.3) is 5.91 Å². The van der Waals surface area contributed by atoms with Gasteiger partial charge in [-0.2, -0.15) is 0 Å². The first-order chi connectivity index (χ1) is 9.08. The van der Waals surface area contributed by atoms with Crippen molar-refractivity contribution in [2.75, 3.05) is 19.7 Å². The van der Waals surface area contributed by atoms with Crippen LogP contribution in [0.25, 0.3) is 0 Å². The molecule has 0 fully saturated rings. The van der Waals surface area contributed by atoms with Crippen molar-refractivity contribution in [3.05, 3.63) is 34.2 Å². The second-order valence-corrected chi connectivity index (χ2v) is 3.97. The summed E-state index contributed by atoms with van der Waals surface area (Å²) >= 11 is 0. The molecule has 0 bridgehead atoms. The van der Waals surface area contributed by atoms with E-state index in [0.717, 1.165) is 6.42 Å². The van der Waals surface area contributed by atoms with Crippen molar-refractivity contribution >= 4 is 11.9 Å². The van der Waals surface area contributed by atoms with Gasteiger partial charge in [0.1, 0.15) is 6.54 Å². The van der Waals surface area contributed by atoms with Crippen molar-refractivity contribution in [2.45, 2.75) is 20.3 Å². The maximum absolute atomic E-state index is 12.2. The van der Waals surface area contributed by atoms with Gasteiger partial charge in [0.15, 0.2) is 0 Å². The van der Waals surface area contributed by atoms with Crippen LogP contribution < -0.4 is 5.56 Å². The molecule has 1 amide bonds. The number of ether oxygens (including phenoxy) is 1. The minimum Gasteiger partial charge on any atom is -0.465 e. The topological polar surface area (TPSA) is 79.5 Å². The van der Waals surface area contributed by atoms with Crippen LogP contribution in [-0.2, 0) is 9.53 Å². The van der Waals surface area contributed by atoms with Crippen LogP contribution in [-0.4, -0.2) is 41.5 Å². The highest BCUT2D eigenvalue weighted by Crippen LogP contribution is 2.03. The number of aromatic amines is 1. The lowest BCUT2D eigenvalue weighted by atomic mass is 10.2. The number of carbonyl (C=O) groups is 2. The quantitative estimate of drug-likeness (QED) is 0.772. The molecule has 0 spiro atoms. The largest absolute Gasteiger partial charge is 0.465 e. The molecule has 0 aliphatic rings. The van der Waals surface area contributed by atoms with Gasteiger partial charge in [-0.05, 0) is 19.4 Å². The molecule has 0 saturated heterocycles. The lowest BCUT2D eigenvalue weighted by Crippen LogP contribution is -2.37. The molecule has 0 radical (unpaired) electrons. The molecule has 0 saturated carbocycles. The fourth-order valence-electron chi connectivity index (χ4n) is 1.61. The summed E-state index contributed by atoms with van der Waals surface area (Å²) in [5.41, 5.74) is 0.0707. The first kappa shape index (κ1) is 14.9. The number of hydrogen-bond donors (Lipinski definition) is 1. The van der Waals surface area contributed by atoms with Crippen molar-refractivity contribution in [1.29, 1.82) is 0 Å². The van der Waals surface area contributed by atoms with Gasteiger partial charge in [-0.1, -0.05) is 6.92 Å². The van der Waals surface area contributed by atoms with E-state index in [-0.39, 0.29) is 24.6 Å². The average molecular weight is 266 g/mol. The van der Waals surface area contributed by atoms with E-state index in [0.29, 0.717) is 12.1 Å². The number of aromatic nitrogens is 1. The van der Waals surface area contributed by atoms with E-state index in [1.807, 2.05) is 6.92 Å². The van der Waals surface area contributed by atoms with Crippen LogP contribution in [0.1, 0.15) is 30.6 Å². The van der Waals surface area contributed by atoms with Crippen molar-refractivity contribution in [3.63, 3.8) is 0 Å². The summed E-state index contributed by atoms with van der Waals surface area (Å²) in [7, 11) is 0. The Kier molecular flexibility index (Phi) is 5.78. The van der Waals surface area contributed by atoms with E-state index in [4.69, 9.17) is 4.74 Å². The number of nitrogens with zero attached hydrogens (tertiary/aromatic N) is 1. The zero-order valence-corrected chi connectivity index (χ0v) is 11.1. The molecule has 1 aromatic heterocycles. The summed E-state index contributed by atoms with van der Waals surface area (Å²) in [5, 5.41) is 0. The predicted molar refractivity (Wildman–Crippen MR) is 69.9 cm³/mol. The summed E-state index contributed by atoms with van der Waals surface area (Å²) < 4.78 is 4.83. The zero-order chi connectivity index (χ0) is 14.3. The van der Waals surface area contributed by atoms with Crippen LogP contribution in [0, 0.1) is 0 Å². The molecule has 0 aromatic carbocycles. The normalized spacial score (nSPS) is 10.0. The van der Waals surface area contributed by atoms with Crippen LogP contribution >= 0.6 is 0 Å². The van der Waals surface area contributed by atoms with Crippen LogP contribution in [0.5, 0.6) is 0 Å². The van der Waals surface area contributed by atoms with Gasteiger partial charge in [-0.3, -0.25) is 14.4 Å². The summed E-state index contributed by atoms with van der Waals surface area (Å²) in [4.78, 5) is 38.4. The van der Waals surface area contributed by atoms with E-state index >= 15 is 0 Å². The van der Waals surface area contributed by atoms with E-state index in [1.165, 1.54) is 23.2 Å². The molecule has 0 unspecified atom stereocenters. The predicted octanol–water partition coefficient (Wildman–Crippen LogP) is 0.790. The molecule has 104 valence electrons. The highest BCUT2D eigenvalue weighted by molar-refractivity contribution is 5.95. The third-order valence-corrected chi connectivity index (χ3v) is 2.44. The van der Waals surface area contributed by atoms with E-state index in [9.17, 15) is 14.4 Å². The Morgan fingerprint density at radius 3 is 2.58 bits per heavy atom. The summed E-state index contributed by atoms with van der Waals surface area (Å²) in [6, 6.07) is 2.72. The molecule has 1 heterocycles. The molecule has 6 nitrogen and oxygen atoms in total. The van der Waals surface area contributed by atoms with Crippen LogP contribution in [0.3, 0.4) is 0 Å². The number of amides is 1. The number of nitrogens with one attached hydrogen (secondary N) is 1. The highest BCUT2D eigenvalue weighted by atomic mass is 16.5. The molecule has 0 aliphatic carbocycles. The molecule has 1 aromatic rings. The standard InChI is InChI=1S/C13H18N2O4/c1-3-7-15(9-12(17)19-4-2)13(18)10-5-6-11(16)14-8-10/h5-6,8H,3-4,7,9H2,1-2H3,(H,14,16). The van der Waals surface area contributed by atoms with Crippen LogP contribution in [0.15, 0.2) is 23.1 Å². The van der Waals surface area contributed by atoms with Gasteiger partial charge in [0, 0.05) is 18.8 Å². The van der Waals surface area contributed by atoms with Gasteiger partial charge >= 0.3 is 5.97 Å². The van der Waals surface area contributed by atoms with E-state index < -0.39 is 5.97 Å². The summed E-state index contributed by atoms with van der Waals surface area (Å²) in [6.45, 7) is 4.28. The Morgan fingerprint density at radius 1 is 1.32 bits per heavy atom. The Balaban J connectivity index is 2.80. The fraction of sp³-hybridized carbons (Fsp3) is 0.462. The molecule has 19 heavy (non-hydrogen) atoms. The van der Waals surface area contributed by atoms with Crippen molar-refractivity contribution < 1.29 is 14.3 Å². The molecule has 0 atom stereocenters. The minimum atomic E-state index is -0.436. The van der Waals surface area contributed by atoms with Crippen LogP contribution in [0.4, 0.5) is 0 Å². The molecule has 1 rings (SSSR count). The highest BCUT2D eigenvalue weighted by Gasteiger charge is 2.18. The van der Waals surface area contributed by atoms with Crippen molar-refractivity contribution in [3.8, 4) is 0 Å². The third-order valence-electron chi connectivity index (χ3n) is 2.44. The second kappa shape index (κ2) is 7.35. The number of pyridine rings is 1. The van der Waals surface area contributed by atoms with Crippen molar-refractivity contribution in [2.24, 2.45) is 0 Å².